The van der Waals surface area contributed by atoms with Crippen molar-refractivity contribution in [2.24, 2.45) is 0 Å². The lowest BCUT2D eigenvalue weighted by molar-refractivity contribution is -0.113. The van der Waals surface area contributed by atoms with Crippen LogP contribution in [0.15, 0.2) is 29.3 Å². The second kappa shape index (κ2) is 8.78. The quantitative estimate of drug-likeness (QED) is 0.768. The number of nitrogens with one attached hydrogen (secondary N) is 1. The minimum atomic E-state index is -0.188. The fourth-order valence-electron chi connectivity index (χ4n) is 3.03. The van der Waals surface area contributed by atoms with Crippen LogP contribution in [0, 0.1) is 11.3 Å². The van der Waals surface area contributed by atoms with E-state index < -0.39 is 0 Å². The predicted molar refractivity (Wildman–Crippen MR) is 104 cm³/mol. The van der Waals surface area contributed by atoms with Gasteiger partial charge in [-0.3, -0.25) is 4.79 Å². The number of hydrogen-bond acceptors (Lipinski definition) is 6. The van der Waals surface area contributed by atoms with E-state index in [4.69, 9.17) is 9.47 Å². The number of methoxy groups -OCH3 is 2. The molecule has 1 aliphatic rings. The number of carbonyl (C=O) groups is 1. The molecule has 0 radical (unpaired) electrons. The van der Waals surface area contributed by atoms with Crippen LogP contribution in [0.4, 0.5) is 5.69 Å². The van der Waals surface area contributed by atoms with Crippen LogP contribution in [-0.4, -0.2) is 30.9 Å². The van der Waals surface area contributed by atoms with E-state index in [1.165, 1.54) is 18.9 Å². The second-order valence-electron chi connectivity index (χ2n) is 6.17. The zero-order valence-corrected chi connectivity index (χ0v) is 16.2. The lowest BCUT2D eigenvalue weighted by Gasteiger charge is -2.16. The average molecular weight is 383 g/mol. The summed E-state index contributed by atoms with van der Waals surface area (Å²) in [5, 5.41) is 12.9. The number of benzene rings is 1. The number of nitriles is 1. The van der Waals surface area contributed by atoms with Crippen LogP contribution in [-0.2, 0) is 17.6 Å². The third-order valence-electron chi connectivity index (χ3n) is 4.41. The van der Waals surface area contributed by atoms with Gasteiger partial charge in [0, 0.05) is 11.8 Å². The molecule has 1 aromatic heterocycles. The number of ether oxygens (including phenoxy) is 2. The van der Waals surface area contributed by atoms with E-state index in [1.54, 1.807) is 25.3 Å². The molecule has 1 amide bonds. The molecule has 0 bridgehead atoms. The Labute approximate surface area is 162 Å². The van der Waals surface area contributed by atoms with Crippen LogP contribution in [0.1, 0.15) is 29.7 Å². The van der Waals surface area contributed by atoms with Crippen LogP contribution < -0.4 is 14.8 Å². The Morgan fingerprint density at radius 2 is 2.07 bits per heavy atom. The number of anilines is 1. The van der Waals surface area contributed by atoms with E-state index in [9.17, 15) is 10.1 Å². The molecule has 27 heavy (non-hydrogen) atoms. The molecule has 1 N–H and O–H groups in total. The Morgan fingerprint density at radius 1 is 1.26 bits per heavy atom. The number of fused-ring (bicyclic) bond motifs is 1. The monoisotopic (exact) mass is 383 g/mol. The van der Waals surface area contributed by atoms with Crippen LogP contribution in [0.3, 0.4) is 0 Å². The molecular formula is C20H21N3O3S. The highest BCUT2D eigenvalue weighted by Gasteiger charge is 2.17. The molecule has 0 saturated heterocycles. The average Bonchev–Trinajstić information content (AvgIpc) is 2.71. The van der Waals surface area contributed by atoms with Crippen molar-refractivity contribution in [2.75, 3.05) is 25.3 Å². The highest BCUT2D eigenvalue weighted by atomic mass is 32.2. The summed E-state index contributed by atoms with van der Waals surface area (Å²) in [6.07, 6.45) is 4.16. The number of rotatable bonds is 6. The van der Waals surface area contributed by atoms with Crippen molar-refractivity contribution in [3.05, 3.63) is 41.1 Å². The molecule has 1 aliphatic carbocycles. The van der Waals surface area contributed by atoms with Gasteiger partial charge in [-0.1, -0.05) is 11.8 Å². The number of nitrogens with zero attached hydrogens (tertiary/aromatic N) is 2. The van der Waals surface area contributed by atoms with Gasteiger partial charge in [0.2, 0.25) is 5.91 Å². The van der Waals surface area contributed by atoms with E-state index >= 15 is 0 Å². The minimum absolute atomic E-state index is 0.162. The fourth-order valence-corrected chi connectivity index (χ4v) is 3.80. The third kappa shape index (κ3) is 4.52. The SMILES string of the molecule is COc1ccc(NC(=O)CSc2nc3c(cc2C#N)CCCC3)c(OC)c1. The standard InChI is InChI=1S/C20H21N3O3S/c1-25-15-7-8-17(18(10-15)26-2)22-19(24)12-27-20-14(11-21)9-13-5-3-4-6-16(13)23-20/h7-10H,3-6,12H2,1-2H3,(H,22,24). The third-order valence-corrected chi connectivity index (χ3v) is 5.40. The number of hydrogen-bond donors (Lipinski definition) is 1. The van der Waals surface area contributed by atoms with E-state index in [-0.39, 0.29) is 11.7 Å². The lowest BCUT2D eigenvalue weighted by atomic mass is 9.95. The van der Waals surface area contributed by atoms with E-state index in [1.807, 2.05) is 6.07 Å². The maximum Gasteiger partial charge on any atom is 0.234 e. The highest BCUT2D eigenvalue weighted by molar-refractivity contribution is 8.00. The van der Waals surface area contributed by atoms with Gasteiger partial charge in [0.15, 0.2) is 0 Å². The van der Waals surface area contributed by atoms with E-state index in [2.05, 4.69) is 16.4 Å². The summed E-state index contributed by atoms with van der Waals surface area (Å²) in [6, 6.07) is 9.32. The van der Waals surface area contributed by atoms with Crippen LogP contribution in [0.25, 0.3) is 0 Å². The number of aryl methyl sites for hydroxylation is 2. The summed E-state index contributed by atoms with van der Waals surface area (Å²) in [4.78, 5) is 17.0. The minimum Gasteiger partial charge on any atom is -0.497 e. The molecule has 7 heteroatoms. The first-order chi connectivity index (χ1) is 13.1. The van der Waals surface area contributed by atoms with Crippen LogP contribution in [0.5, 0.6) is 11.5 Å². The first-order valence-electron chi connectivity index (χ1n) is 8.72. The molecule has 0 unspecified atom stereocenters. The van der Waals surface area contributed by atoms with Crippen LogP contribution in [0.2, 0.25) is 0 Å². The Kier molecular flexibility index (Phi) is 6.20. The van der Waals surface area contributed by atoms with E-state index in [0.717, 1.165) is 36.9 Å². The van der Waals surface area contributed by atoms with Crippen LogP contribution >= 0.6 is 11.8 Å². The van der Waals surface area contributed by atoms with Gasteiger partial charge in [-0.05, 0) is 49.4 Å². The number of pyridine rings is 1. The molecule has 0 atom stereocenters. The Morgan fingerprint density at radius 3 is 2.81 bits per heavy atom. The Hall–Kier alpha value is -2.72. The zero-order valence-electron chi connectivity index (χ0n) is 15.4. The second-order valence-corrected chi connectivity index (χ2v) is 7.13. The fraction of sp³-hybridized carbons (Fsp3) is 0.350. The topological polar surface area (TPSA) is 84.2 Å². The smallest absolute Gasteiger partial charge is 0.234 e. The highest BCUT2D eigenvalue weighted by Crippen LogP contribution is 2.30. The van der Waals surface area contributed by atoms with Crippen molar-refractivity contribution in [1.29, 1.82) is 5.26 Å². The van der Waals surface area contributed by atoms with Gasteiger partial charge in [-0.2, -0.15) is 5.26 Å². The van der Waals surface area contributed by atoms with Gasteiger partial charge >= 0.3 is 0 Å². The molecule has 0 saturated carbocycles. The Bertz CT molecular complexity index is 893. The van der Waals surface area contributed by atoms with Gasteiger partial charge < -0.3 is 14.8 Å². The van der Waals surface area contributed by atoms with Crippen molar-refractivity contribution >= 4 is 23.4 Å². The number of thioether (sulfide) groups is 1. The first-order valence-corrected chi connectivity index (χ1v) is 9.70. The lowest BCUT2D eigenvalue weighted by Crippen LogP contribution is -2.15. The molecular weight excluding hydrogens is 362 g/mol. The summed E-state index contributed by atoms with van der Waals surface area (Å²) in [5.41, 5.74) is 3.33. The number of carbonyl (C=O) groups excluding carboxylic acids is 1. The molecule has 6 nitrogen and oxygen atoms in total. The number of amides is 1. The molecule has 1 aromatic carbocycles. The Balaban J connectivity index is 1.68. The maximum absolute atomic E-state index is 12.4. The van der Waals surface area contributed by atoms with Gasteiger partial charge in [0.25, 0.3) is 0 Å². The zero-order chi connectivity index (χ0) is 19.2. The van der Waals surface area contributed by atoms with Crippen molar-refractivity contribution < 1.29 is 14.3 Å². The van der Waals surface area contributed by atoms with Crippen molar-refractivity contribution in [3.8, 4) is 17.6 Å². The van der Waals surface area contributed by atoms with Gasteiger partial charge in [-0.15, -0.1) is 0 Å². The van der Waals surface area contributed by atoms with Gasteiger partial charge in [0.1, 0.15) is 22.6 Å². The summed E-state index contributed by atoms with van der Waals surface area (Å²) in [5.74, 6) is 1.15. The molecule has 3 rings (SSSR count). The van der Waals surface area contributed by atoms with Gasteiger partial charge in [0.05, 0.1) is 31.2 Å². The summed E-state index contributed by atoms with van der Waals surface area (Å²) >= 11 is 1.28. The van der Waals surface area contributed by atoms with E-state index in [0.29, 0.717) is 27.8 Å². The molecule has 2 aromatic rings. The molecule has 1 heterocycles. The molecule has 0 aliphatic heterocycles. The summed E-state index contributed by atoms with van der Waals surface area (Å²) < 4.78 is 10.5. The first kappa shape index (κ1) is 19.1. The van der Waals surface area contributed by atoms with Crippen molar-refractivity contribution in [3.63, 3.8) is 0 Å². The largest absolute Gasteiger partial charge is 0.497 e. The normalized spacial score (nSPS) is 12.6. The summed E-state index contributed by atoms with van der Waals surface area (Å²) in [7, 11) is 3.11. The molecule has 0 spiro atoms. The van der Waals surface area contributed by atoms with Crippen molar-refractivity contribution in [2.45, 2.75) is 30.7 Å². The maximum atomic E-state index is 12.4. The molecule has 140 valence electrons. The van der Waals surface area contributed by atoms with Crippen molar-refractivity contribution in [1.82, 2.24) is 4.98 Å². The van der Waals surface area contributed by atoms with Gasteiger partial charge in [-0.25, -0.2) is 4.98 Å². The summed E-state index contributed by atoms with van der Waals surface area (Å²) in [6.45, 7) is 0. The molecule has 0 fully saturated rings. The predicted octanol–water partition coefficient (Wildman–Crippen LogP) is 3.58. The number of aromatic nitrogens is 1.